The zero-order valence-corrected chi connectivity index (χ0v) is 18.5. The molecule has 0 saturated heterocycles. The van der Waals surface area contributed by atoms with Crippen molar-refractivity contribution in [3.05, 3.63) is 81.7 Å². The Kier molecular flexibility index (Phi) is 6.26. The first-order valence-electron chi connectivity index (χ1n) is 9.62. The van der Waals surface area contributed by atoms with Gasteiger partial charge in [-0.2, -0.15) is 5.26 Å². The van der Waals surface area contributed by atoms with Crippen LogP contribution in [0.25, 0.3) is 11.0 Å². The van der Waals surface area contributed by atoms with E-state index in [0.29, 0.717) is 39.5 Å². The molecule has 2 aromatic carbocycles. The molecule has 0 aliphatic rings. The van der Waals surface area contributed by atoms with Crippen LogP contribution in [0.1, 0.15) is 23.9 Å². The molecule has 4 rings (SSSR count). The van der Waals surface area contributed by atoms with E-state index < -0.39 is 0 Å². The Morgan fingerprint density at radius 2 is 2.03 bits per heavy atom. The van der Waals surface area contributed by atoms with Crippen LogP contribution in [-0.2, 0) is 17.9 Å². The van der Waals surface area contributed by atoms with Gasteiger partial charge in [0.25, 0.3) is 0 Å². The van der Waals surface area contributed by atoms with Gasteiger partial charge in [0.1, 0.15) is 24.0 Å². The zero-order chi connectivity index (χ0) is 22.7. The molecule has 0 unspecified atom stereocenters. The lowest BCUT2D eigenvalue weighted by Gasteiger charge is -2.12. The van der Waals surface area contributed by atoms with Gasteiger partial charge in [-0.15, -0.1) is 0 Å². The molecule has 0 fully saturated rings. The highest BCUT2D eigenvalue weighted by Gasteiger charge is 2.15. The fraction of sp³-hybridized carbons (Fsp3) is 0.130. The fourth-order valence-electron chi connectivity index (χ4n) is 3.23. The minimum absolute atomic E-state index is 0.163. The number of anilines is 1. The summed E-state index contributed by atoms with van der Waals surface area (Å²) in [6.45, 7) is 1.99. The third kappa shape index (κ3) is 4.83. The number of imidazole rings is 1. The first kappa shape index (κ1) is 21.6. The number of ether oxygens (including phenoxy) is 1. The Bertz CT molecular complexity index is 1340. The fourth-order valence-corrected chi connectivity index (χ4v) is 3.60. The van der Waals surface area contributed by atoms with Gasteiger partial charge in [0.2, 0.25) is 5.91 Å². The largest absolute Gasteiger partial charge is 0.484 e. The average Bonchev–Trinajstić information content (AvgIpc) is 3.12. The molecule has 4 aromatic rings. The number of aromatic nitrogens is 3. The number of carbonyl (C=O) groups excluding carboxylic acids is 1. The van der Waals surface area contributed by atoms with Gasteiger partial charge < -0.3 is 14.6 Å². The van der Waals surface area contributed by atoms with Crippen molar-refractivity contribution in [1.29, 1.82) is 5.26 Å². The average molecular weight is 466 g/mol. The van der Waals surface area contributed by atoms with Crippen molar-refractivity contribution >= 4 is 46.0 Å². The summed E-state index contributed by atoms with van der Waals surface area (Å²) in [5.74, 6) is 1.42. The molecule has 9 heteroatoms. The molecule has 0 aliphatic carbocycles. The predicted octanol–water partition coefficient (Wildman–Crippen LogP) is 5.20. The quantitative estimate of drug-likeness (QED) is 0.422. The third-order valence-electron chi connectivity index (χ3n) is 4.70. The van der Waals surface area contributed by atoms with E-state index in [0.717, 1.165) is 16.6 Å². The van der Waals surface area contributed by atoms with E-state index in [1.807, 2.05) is 4.57 Å². The van der Waals surface area contributed by atoms with Crippen LogP contribution in [0.5, 0.6) is 5.75 Å². The molecule has 1 amide bonds. The van der Waals surface area contributed by atoms with Crippen LogP contribution in [0.2, 0.25) is 10.0 Å². The highest BCUT2D eigenvalue weighted by molar-refractivity contribution is 6.33. The number of fused-ring (bicyclic) bond motifs is 1. The Balaban J connectivity index is 1.66. The molecular formula is C23H17Cl2N5O2. The lowest BCUT2D eigenvalue weighted by molar-refractivity contribution is -0.114. The maximum absolute atomic E-state index is 11.1. The monoisotopic (exact) mass is 465 g/mol. The second-order valence-corrected chi connectivity index (χ2v) is 7.86. The third-order valence-corrected chi connectivity index (χ3v) is 5.30. The predicted molar refractivity (Wildman–Crippen MR) is 123 cm³/mol. The van der Waals surface area contributed by atoms with Crippen LogP contribution in [-0.4, -0.2) is 20.4 Å². The number of benzene rings is 2. The van der Waals surface area contributed by atoms with Crippen LogP contribution in [0, 0.1) is 11.3 Å². The highest BCUT2D eigenvalue weighted by atomic mass is 35.5. The number of amides is 1. The second-order valence-electron chi connectivity index (χ2n) is 7.01. The minimum atomic E-state index is -0.198. The summed E-state index contributed by atoms with van der Waals surface area (Å²) in [5.41, 5.74) is 2.88. The Labute approximate surface area is 194 Å². The van der Waals surface area contributed by atoms with Crippen molar-refractivity contribution in [2.75, 3.05) is 5.32 Å². The van der Waals surface area contributed by atoms with Crippen molar-refractivity contribution in [1.82, 2.24) is 14.5 Å². The van der Waals surface area contributed by atoms with Gasteiger partial charge in [0, 0.05) is 17.0 Å². The number of nitrogens with one attached hydrogen (secondary N) is 1. The number of hydrogen-bond acceptors (Lipinski definition) is 5. The van der Waals surface area contributed by atoms with Crippen LogP contribution >= 0.6 is 23.2 Å². The highest BCUT2D eigenvalue weighted by Crippen LogP contribution is 2.26. The van der Waals surface area contributed by atoms with Crippen LogP contribution in [0.3, 0.4) is 0 Å². The van der Waals surface area contributed by atoms with E-state index in [-0.39, 0.29) is 12.5 Å². The molecule has 0 bridgehead atoms. The lowest BCUT2D eigenvalue weighted by Crippen LogP contribution is -2.09. The van der Waals surface area contributed by atoms with Crippen LogP contribution in [0.15, 0.2) is 54.7 Å². The van der Waals surface area contributed by atoms with Crippen molar-refractivity contribution in [3.8, 4) is 11.8 Å². The Morgan fingerprint density at radius 1 is 1.19 bits per heavy atom. The summed E-state index contributed by atoms with van der Waals surface area (Å²) in [6, 6.07) is 16.1. The van der Waals surface area contributed by atoms with E-state index in [1.165, 1.54) is 13.1 Å². The zero-order valence-electron chi connectivity index (χ0n) is 17.0. The van der Waals surface area contributed by atoms with Gasteiger partial charge >= 0.3 is 0 Å². The molecular weight excluding hydrogens is 449 g/mol. The number of carbonyl (C=O) groups is 1. The molecule has 0 saturated carbocycles. The molecule has 2 aromatic heterocycles. The van der Waals surface area contributed by atoms with Crippen molar-refractivity contribution in [2.24, 2.45) is 0 Å². The standard InChI is InChI=1S/C23H17Cl2N5O2/c1-14(31)28-22-7-4-18(11-27-22)32-13-23-29-20-6-2-15(10-26)8-21(20)30(23)12-16-9-17(24)3-5-19(16)25/h2-9,11H,12-13H2,1H3,(H,27,28,31). The summed E-state index contributed by atoms with van der Waals surface area (Å²) in [6.07, 6.45) is 1.53. The molecule has 32 heavy (non-hydrogen) atoms. The number of nitrogens with zero attached hydrogens (tertiary/aromatic N) is 4. The minimum Gasteiger partial charge on any atom is -0.484 e. The second kappa shape index (κ2) is 9.27. The molecule has 0 spiro atoms. The Morgan fingerprint density at radius 3 is 2.75 bits per heavy atom. The molecule has 7 nitrogen and oxygen atoms in total. The van der Waals surface area contributed by atoms with E-state index in [2.05, 4.69) is 21.4 Å². The summed E-state index contributed by atoms with van der Waals surface area (Å²) < 4.78 is 7.84. The molecule has 2 heterocycles. The summed E-state index contributed by atoms with van der Waals surface area (Å²) in [4.78, 5) is 20.0. The number of pyridine rings is 1. The summed E-state index contributed by atoms with van der Waals surface area (Å²) >= 11 is 12.5. The molecule has 0 radical (unpaired) electrons. The lowest BCUT2D eigenvalue weighted by atomic mass is 10.2. The van der Waals surface area contributed by atoms with Crippen LogP contribution in [0.4, 0.5) is 5.82 Å². The van der Waals surface area contributed by atoms with E-state index in [1.54, 1.807) is 48.5 Å². The molecule has 1 N–H and O–H groups in total. The van der Waals surface area contributed by atoms with Gasteiger partial charge in [-0.3, -0.25) is 4.79 Å². The number of nitriles is 1. The van der Waals surface area contributed by atoms with E-state index in [9.17, 15) is 10.1 Å². The topological polar surface area (TPSA) is 92.8 Å². The number of halogens is 2. The molecule has 0 atom stereocenters. The summed E-state index contributed by atoms with van der Waals surface area (Å²) in [7, 11) is 0. The Hall–Kier alpha value is -3.60. The number of rotatable bonds is 6. The SMILES string of the molecule is CC(=O)Nc1ccc(OCc2nc3ccc(C#N)cc3n2Cc2cc(Cl)ccc2Cl)cn1. The van der Waals surface area contributed by atoms with Gasteiger partial charge in [0.05, 0.1) is 35.4 Å². The van der Waals surface area contributed by atoms with E-state index >= 15 is 0 Å². The maximum atomic E-state index is 11.1. The smallest absolute Gasteiger partial charge is 0.222 e. The van der Waals surface area contributed by atoms with Gasteiger partial charge in [-0.25, -0.2) is 9.97 Å². The van der Waals surface area contributed by atoms with E-state index in [4.69, 9.17) is 27.9 Å². The normalized spacial score (nSPS) is 10.7. The van der Waals surface area contributed by atoms with Gasteiger partial charge in [0.15, 0.2) is 0 Å². The van der Waals surface area contributed by atoms with Gasteiger partial charge in [-0.1, -0.05) is 23.2 Å². The van der Waals surface area contributed by atoms with Gasteiger partial charge in [-0.05, 0) is 54.1 Å². The first-order chi connectivity index (χ1) is 15.4. The van der Waals surface area contributed by atoms with Crippen molar-refractivity contribution < 1.29 is 9.53 Å². The summed E-state index contributed by atoms with van der Waals surface area (Å²) in [5, 5.41) is 13.1. The van der Waals surface area contributed by atoms with Crippen molar-refractivity contribution in [3.63, 3.8) is 0 Å². The maximum Gasteiger partial charge on any atom is 0.222 e. The molecule has 160 valence electrons. The number of hydrogen-bond donors (Lipinski definition) is 1. The molecule has 0 aliphatic heterocycles. The van der Waals surface area contributed by atoms with Crippen LogP contribution < -0.4 is 10.1 Å². The first-order valence-corrected chi connectivity index (χ1v) is 10.4. The van der Waals surface area contributed by atoms with Crippen molar-refractivity contribution in [2.45, 2.75) is 20.1 Å².